The summed E-state index contributed by atoms with van der Waals surface area (Å²) in [6.07, 6.45) is -3.16. The van der Waals surface area contributed by atoms with E-state index >= 15 is 8.78 Å². The second-order valence-electron chi connectivity index (χ2n) is 13.3. The molecule has 13 heteroatoms. The molecule has 8 nitrogen and oxygen atoms in total. The first kappa shape index (κ1) is 36.7. The molecular weight excluding hydrogens is 655 g/mol. The zero-order valence-corrected chi connectivity index (χ0v) is 29.1. The molecular formula is C37H41F5N6O2. The number of carbonyl (C=O) groups is 2. The van der Waals surface area contributed by atoms with Crippen LogP contribution in [0.3, 0.4) is 0 Å². The van der Waals surface area contributed by atoms with E-state index in [1.54, 1.807) is 30.6 Å². The molecule has 0 spiro atoms. The predicted molar refractivity (Wildman–Crippen MR) is 182 cm³/mol. The average Bonchev–Trinajstić information content (AvgIpc) is 3.51. The summed E-state index contributed by atoms with van der Waals surface area (Å²) in [6, 6.07) is 10.4. The Labute approximate surface area is 288 Å². The van der Waals surface area contributed by atoms with E-state index in [2.05, 4.69) is 15.5 Å². The van der Waals surface area contributed by atoms with Gasteiger partial charge in [-0.25, -0.2) is 18.3 Å². The Kier molecular flexibility index (Phi) is 10.2. The highest BCUT2D eigenvalue weighted by Gasteiger charge is 2.44. The molecule has 50 heavy (non-hydrogen) atoms. The molecule has 2 heterocycles. The third-order valence-electron chi connectivity index (χ3n) is 9.18. The van der Waals surface area contributed by atoms with E-state index in [1.807, 2.05) is 45.9 Å². The Morgan fingerprint density at radius 3 is 2.20 bits per heavy atom. The van der Waals surface area contributed by atoms with Crippen molar-refractivity contribution < 1.29 is 31.5 Å². The summed E-state index contributed by atoms with van der Waals surface area (Å²) < 4.78 is 73.9. The van der Waals surface area contributed by atoms with Crippen molar-refractivity contribution in [1.29, 1.82) is 0 Å². The number of rotatable bonds is 9. The van der Waals surface area contributed by atoms with Gasteiger partial charge in [0.15, 0.2) is 0 Å². The highest BCUT2D eigenvalue weighted by atomic mass is 19.4. The van der Waals surface area contributed by atoms with Gasteiger partial charge in [-0.1, -0.05) is 38.1 Å². The third-order valence-corrected chi connectivity index (χ3v) is 9.18. The fourth-order valence-electron chi connectivity index (χ4n) is 6.50. The van der Waals surface area contributed by atoms with Crippen LogP contribution in [0.1, 0.15) is 66.8 Å². The van der Waals surface area contributed by atoms with E-state index < -0.39 is 46.5 Å². The molecule has 0 saturated heterocycles. The number of nitrogens with one attached hydrogen (secondary N) is 2. The second kappa shape index (κ2) is 13.9. The van der Waals surface area contributed by atoms with Crippen LogP contribution in [-0.4, -0.2) is 52.2 Å². The fourth-order valence-corrected chi connectivity index (χ4v) is 6.50. The number of likely N-dealkylation sites (N-methyl/N-ethyl adjacent to an activating group) is 1. The van der Waals surface area contributed by atoms with E-state index in [0.717, 1.165) is 41.1 Å². The normalized spacial score (nSPS) is 14.3. The van der Waals surface area contributed by atoms with E-state index in [-0.39, 0.29) is 18.7 Å². The predicted octanol–water partition coefficient (Wildman–Crippen LogP) is 7.73. The van der Waals surface area contributed by atoms with Crippen LogP contribution in [0, 0.1) is 18.6 Å². The maximum Gasteiger partial charge on any atom is 0.416 e. The largest absolute Gasteiger partial charge is 0.416 e. The first-order valence-electron chi connectivity index (χ1n) is 16.4. The summed E-state index contributed by atoms with van der Waals surface area (Å²) >= 11 is 0. The number of aryl methyl sites for hydroxylation is 3. The van der Waals surface area contributed by atoms with Gasteiger partial charge in [0.25, 0.3) is 0 Å². The Morgan fingerprint density at radius 1 is 0.960 bits per heavy atom. The van der Waals surface area contributed by atoms with Crippen molar-refractivity contribution in [2.75, 3.05) is 26.0 Å². The molecule has 266 valence electrons. The summed E-state index contributed by atoms with van der Waals surface area (Å²) in [6.45, 7) is 10.0. The van der Waals surface area contributed by atoms with Gasteiger partial charge >= 0.3 is 12.2 Å². The van der Waals surface area contributed by atoms with Crippen molar-refractivity contribution in [2.24, 2.45) is 0 Å². The van der Waals surface area contributed by atoms with Gasteiger partial charge in [-0.3, -0.25) is 15.0 Å². The number of para-hydroxylation sites is 1. The molecule has 0 unspecified atom stereocenters. The van der Waals surface area contributed by atoms with Crippen molar-refractivity contribution in [3.8, 4) is 16.9 Å². The van der Waals surface area contributed by atoms with Gasteiger partial charge in [-0.05, 0) is 88.2 Å². The molecule has 5 rings (SSSR count). The summed E-state index contributed by atoms with van der Waals surface area (Å²) in [4.78, 5) is 28.1. The maximum absolute atomic E-state index is 16.3. The molecule has 1 aliphatic heterocycles. The number of halogens is 5. The lowest BCUT2D eigenvalue weighted by molar-refractivity contribution is -0.137. The van der Waals surface area contributed by atoms with Gasteiger partial charge in [0.1, 0.15) is 11.6 Å². The quantitative estimate of drug-likeness (QED) is 0.175. The molecule has 0 atom stereocenters. The molecule has 4 aromatic rings. The monoisotopic (exact) mass is 696 g/mol. The van der Waals surface area contributed by atoms with E-state index in [1.165, 1.54) is 6.07 Å². The Bertz CT molecular complexity index is 1930. The van der Waals surface area contributed by atoms with Gasteiger partial charge in [-0.15, -0.1) is 0 Å². The summed E-state index contributed by atoms with van der Waals surface area (Å²) in [5.41, 5.74) is 3.48. The minimum Gasteiger partial charge on any atom is -0.305 e. The topological polar surface area (TPSA) is 82.5 Å². The molecule has 0 aliphatic carbocycles. The lowest BCUT2D eigenvalue weighted by Gasteiger charge is -2.32. The fraction of sp³-hybridized carbons (Fsp3) is 0.378. The standard InChI is InChI=1S/C37H41F5N6O2/c1-8-22-11-10-12-23(9-2)32(22)48-33(26-16-29(39)30(17-28(26)38)43-35(50)44-31(49)20-46(6)7)27-19-47(36(4,5)34(27)45-48)18-24-13-14-25(15-21(24)3)37(40,41)42/h10-17H,8-9,18-20H2,1-7H3,(H2,43,44,49,50). The SMILES string of the molecule is CCc1cccc(CC)c1-n1nc2c(c1-c1cc(F)c(NC(=O)NC(=O)CN(C)C)cc1F)CN(Cc1ccc(C(F)(F)F)cc1C)C2(C)C. The molecule has 1 aliphatic rings. The lowest BCUT2D eigenvalue weighted by Crippen LogP contribution is -2.39. The molecule has 0 fully saturated rings. The van der Waals surface area contributed by atoms with Gasteiger partial charge < -0.3 is 10.2 Å². The molecule has 0 radical (unpaired) electrons. The number of benzene rings is 3. The van der Waals surface area contributed by atoms with Crippen LogP contribution >= 0.6 is 0 Å². The van der Waals surface area contributed by atoms with Gasteiger partial charge in [0.2, 0.25) is 5.91 Å². The summed E-state index contributed by atoms with van der Waals surface area (Å²) in [5.74, 6) is -2.37. The molecule has 1 aromatic heterocycles. The smallest absolute Gasteiger partial charge is 0.305 e. The molecule has 0 bridgehead atoms. The maximum atomic E-state index is 16.3. The number of urea groups is 1. The number of nitrogens with zero attached hydrogens (tertiary/aromatic N) is 4. The van der Waals surface area contributed by atoms with E-state index in [9.17, 15) is 22.8 Å². The average molecular weight is 697 g/mol. The molecule has 2 N–H and O–H groups in total. The first-order valence-corrected chi connectivity index (χ1v) is 16.4. The van der Waals surface area contributed by atoms with Crippen molar-refractivity contribution in [2.45, 2.75) is 72.3 Å². The number of amides is 3. The number of aromatic nitrogens is 2. The van der Waals surface area contributed by atoms with Crippen molar-refractivity contribution in [3.63, 3.8) is 0 Å². The molecule has 0 saturated carbocycles. The second-order valence-corrected chi connectivity index (χ2v) is 13.3. The highest BCUT2D eigenvalue weighted by Crippen LogP contribution is 2.46. The zero-order chi connectivity index (χ0) is 36.7. The van der Waals surface area contributed by atoms with Crippen LogP contribution in [-0.2, 0) is 42.4 Å². The summed E-state index contributed by atoms with van der Waals surface area (Å²) in [7, 11) is 3.29. The van der Waals surface area contributed by atoms with Crippen LogP contribution in [0.4, 0.5) is 32.4 Å². The minimum atomic E-state index is -4.46. The first-order chi connectivity index (χ1) is 23.5. The van der Waals surface area contributed by atoms with Gasteiger partial charge in [-0.2, -0.15) is 18.3 Å². The summed E-state index contributed by atoms with van der Waals surface area (Å²) in [5, 5.41) is 9.40. The van der Waals surface area contributed by atoms with Crippen LogP contribution in [0.15, 0.2) is 48.5 Å². The van der Waals surface area contributed by atoms with Crippen LogP contribution in [0.2, 0.25) is 0 Å². The number of carbonyl (C=O) groups excluding carboxylic acids is 2. The van der Waals surface area contributed by atoms with Gasteiger partial charge in [0, 0.05) is 30.3 Å². The van der Waals surface area contributed by atoms with Gasteiger partial charge in [0.05, 0.1) is 40.4 Å². The van der Waals surface area contributed by atoms with Crippen LogP contribution < -0.4 is 10.6 Å². The van der Waals surface area contributed by atoms with E-state index in [4.69, 9.17) is 5.10 Å². The molecule has 3 aromatic carbocycles. The number of anilines is 1. The Morgan fingerprint density at radius 2 is 1.62 bits per heavy atom. The van der Waals surface area contributed by atoms with Crippen LogP contribution in [0.25, 0.3) is 16.9 Å². The third kappa shape index (κ3) is 7.15. The number of hydrogen-bond donors (Lipinski definition) is 2. The van der Waals surface area contributed by atoms with E-state index in [0.29, 0.717) is 47.5 Å². The number of fused-ring (bicyclic) bond motifs is 1. The Hall–Kier alpha value is -4.62. The number of hydrogen-bond acceptors (Lipinski definition) is 5. The van der Waals surface area contributed by atoms with Crippen LogP contribution in [0.5, 0.6) is 0 Å². The number of alkyl halides is 3. The highest BCUT2D eigenvalue weighted by molar-refractivity contribution is 6.02. The Balaban J connectivity index is 1.61. The van der Waals surface area contributed by atoms with Crippen molar-refractivity contribution in [1.82, 2.24) is 24.9 Å². The lowest BCUT2D eigenvalue weighted by atomic mass is 9.97. The molecule has 3 amide bonds. The van der Waals surface area contributed by atoms with Crippen molar-refractivity contribution in [3.05, 3.63) is 99.2 Å². The zero-order valence-electron chi connectivity index (χ0n) is 29.1. The van der Waals surface area contributed by atoms with Crippen molar-refractivity contribution >= 4 is 17.6 Å². The minimum absolute atomic E-state index is 0.0803. The number of imide groups is 1.